The summed E-state index contributed by atoms with van der Waals surface area (Å²) in [5.74, 6) is 0.345. The van der Waals surface area contributed by atoms with E-state index in [1.54, 1.807) is 23.1 Å². The number of carboxylic acid groups (broad SMARTS) is 1. The monoisotopic (exact) mass is 245 g/mol. The quantitative estimate of drug-likeness (QED) is 0.830. The fraction of sp³-hybridized carbons (Fsp3) is 0.273. The first-order valence-corrected chi connectivity index (χ1v) is 5.54. The van der Waals surface area contributed by atoms with Crippen LogP contribution in [0.3, 0.4) is 0 Å². The lowest BCUT2D eigenvalue weighted by Crippen LogP contribution is -2.50. The van der Waals surface area contributed by atoms with Crippen molar-refractivity contribution in [3.63, 3.8) is 0 Å². The molecule has 7 nitrogen and oxygen atoms in total. The molecule has 3 heterocycles. The van der Waals surface area contributed by atoms with E-state index < -0.39 is 5.97 Å². The summed E-state index contributed by atoms with van der Waals surface area (Å²) in [4.78, 5) is 20.9. The third kappa shape index (κ3) is 1.79. The van der Waals surface area contributed by atoms with Crippen molar-refractivity contribution in [1.29, 1.82) is 0 Å². The van der Waals surface area contributed by atoms with E-state index >= 15 is 0 Å². The fourth-order valence-electron chi connectivity index (χ4n) is 1.86. The maximum absolute atomic E-state index is 10.7. The van der Waals surface area contributed by atoms with E-state index in [0.717, 1.165) is 5.82 Å². The zero-order chi connectivity index (χ0) is 12.5. The molecule has 1 saturated heterocycles. The first kappa shape index (κ1) is 10.7. The van der Waals surface area contributed by atoms with Gasteiger partial charge in [-0.2, -0.15) is 5.10 Å². The first-order valence-electron chi connectivity index (χ1n) is 5.54. The standard InChI is InChI=1S/C11H11N5O2/c17-11(18)8-5-15(6-8)9-4-10(13-7-12-9)16-3-1-2-14-16/h1-4,7-8H,5-6H2,(H,17,18). The van der Waals surface area contributed by atoms with Crippen LogP contribution >= 0.6 is 0 Å². The van der Waals surface area contributed by atoms with Crippen LogP contribution in [0.15, 0.2) is 30.9 Å². The Morgan fingerprint density at radius 1 is 1.33 bits per heavy atom. The Morgan fingerprint density at radius 3 is 2.78 bits per heavy atom. The molecule has 3 rings (SSSR count). The van der Waals surface area contributed by atoms with Crippen LogP contribution in [0.2, 0.25) is 0 Å². The lowest BCUT2D eigenvalue weighted by Gasteiger charge is -2.37. The van der Waals surface area contributed by atoms with Gasteiger partial charge in [0.2, 0.25) is 0 Å². The summed E-state index contributed by atoms with van der Waals surface area (Å²) in [7, 11) is 0. The van der Waals surface area contributed by atoms with Crippen molar-refractivity contribution in [2.75, 3.05) is 18.0 Å². The minimum absolute atomic E-state index is 0.298. The van der Waals surface area contributed by atoms with Gasteiger partial charge in [-0.1, -0.05) is 0 Å². The molecule has 0 unspecified atom stereocenters. The second-order valence-corrected chi connectivity index (χ2v) is 4.13. The summed E-state index contributed by atoms with van der Waals surface area (Å²) in [5, 5.41) is 12.9. The largest absolute Gasteiger partial charge is 0.481 e. The number of anilines is 1. The molecule has 18 heavy (non-hydrogen) atoms. The van der Waals surface area contributed by atoms with E-state index in [4.69, 9.17) is 5.11 Å². The van der Waals surface area contributed by atoms with E-state index in [2.05, 4.69) is 15.1 Å². The summed E-state index contributed by atoms with van der Waals surface area (Å²) in [5.41, 5.74) is 0. The molecule has 1 fully saturated rings. The molecule has 1 aliphatic rings. The van der Waals surface area contributed by atoms with E-state index in [-0.39, 0.29) is 5.92 Å². The van der Waals surface area contributed by atoms with Crippen LogP contribution in [0.25, 0.3) is 5.82 Å². The Bertz CT molecular complexity index is 563. The summed E-state index contributed by atoms with van der Waals surface area (Å²) in [6, 6.07) is 3.61. The molecule has 0 amide bonds. The van der Waals surface area contributed by atoms with E-state index in [1.807, 2.05) is 11.0 Å². The van der Waals surface area contributed by atoms with Crippen LogP contribution in [0.1, 0.15) is 0 Å². The van der Waals surface area contributed by atoms with Crippen LogP contribution in [0.4, 0.5) is 5.82 Å². The second-order valence-electron chi connectivity index (χ2n) is 4.13. The average Bonchev–Trinajstić information content (AvgIpc) is 2.80. The summed E-state index contributed by atoms with van der Waals surface area (Å²) in [6.07, 6.45) is 4.93. The van der Waals surface area contributed by atoms with Crippen LogP contribution in [-0.2, 0) is 4.79 Å². The van der Waals surface area contributed by atoms with Crippen molar-refractivity contribution in [1.82, 2.24) is 19.7 Å². The van der Waals surface area contributed by atoms with Crippen LogP contribution in [-0.4, -0.2) is 43.9 Å². The number of carboxylic acids is 1. The average molecular weight is 245 g/mol. The van der Waals surface area contributed by atoms with Gasteiger partial charge in [-0.3, -0.25) is 4.79 Å². The Morgan fingerprint density at radius 2 is 2.11 bits per heavy atom. The molecule has 7 heteroatoms. The molecule has 1 N–H and O–H groups in total. The highest BCUT2D eigenvalue weighted by Gasteiger charge is 2.33. The smallest absolute Gasteiger partial charge is 0.310 e. The molecule has 2 aromatic heterocycles. The number of carbonyl (C=O) groups is 1. The zero-order valence-electron chi connectivity index (χ0n) is 9.47. The number of aliphatic carboxylic acids is 1. The molecule has 0 radical (unpaired) electrons. The normalized spacial score (nSPS) is 15.4. The van der Waals surface area contributed by atoms with Gasteiger partial charge in [0.05, 0.1) is 5.92 Å². The molecule has 0 atom stereocenters. The summed E-state index contributed by atoms with van der Waals surface area (Å²) >= 11 is 0. The third-order valence-corrected chi connectivity index (χ3v) is 2.93. The van der Waals surface area contributed by atoms with E-state index in [1.165, 1.54) is 6.33 Å². The summed E-state index contributed by atoms with van der Waals surface area (Å²) in [6.45, 7) is 0.982. The molecular weight excluding hydrogens is 234 g/mol. The van der Waals surface area contributed by atoms with Crippen LogP contribution < -0.4 is 4.90 Å². The summed E-state index contributed by atoms with van der Waals surface area (Å²) < 4.78 is 1.64. The van der Waals surface area contributed by atoms with Gasteiger partial charge in [-0.25, -0.2) is 14.6 Å². The predicted molar refractivity (Wildman–Crippen MR) is 62.5 cm³/mol. The molecular formula is C11H11N5O2. The Kier molecular flexibility index (Phi) is 2.44. The van der Waals surface area contributed by atoms with Gasteiger partial charge in [-0.05, 0) is 6.07 Å². The van der Waals surface area contributed by atoms with Gasteiger partial charge >= 0.3 is 5.97 Å². The van der Waals surface area contributed by atoms with E-state index in [0.29, 0.717) is 18.9 Å². The molecule has 1 aliphatic heterocycles. The van der Waals surface area contributed by atoms with Gasteiger partial charge in [0.25, 0.3) is 0 Å². The maximum Gasteiger partial charge on any atom is 0.310 e. The minimum Gasteiger partial charge on any atom is -0.481 e. The van der Waals surface area contributed by atoms with Crippen molar-refractivity contribution in [2.24, 2.45) is 5.92 Å². The van der Waals surface area contributed by atoms with E-state index in [9.17, 15) is 4.79 Å². The lowest BCUT2D eigenvalue weighted by atomic mass is 10.0. The topological polar surface area (TPSA) is 84.1 Å². The first-order chi connectivity index (χ1) is 8.74. The highest BCUT2D eigenvalue weighted by molar-refractivity contribution is 5.74. The van der Waals surface area contributed by atoms with Crippen molar-refractivity contribution >= 4 is 11.8 Å². The Balaban J connectivity index is 1.79. The third-order valence-electron chi connectivity index (χ3n) is 2.93. The zero-order valence-corrected chi connectivity index (χ0v) is 9.47. The maximum atomic E-state index is 10.7. The minimum atomic E-state index is -0.757. The highest BCUT2D eigenvalue weighted by Crippen LogP contribution is 2.23. The molecule has 0 saturated carbocycles. The van der Waals surface area contributed by atoms with Crippen LogP contribution in [0.5, 0.6) is 0 Å². The van der Waals surface area contributed by atoms with Gasteiger partial charge in [0.1, 0.15) is 12.1 Å². The molecule has 0 spiro atoms. The van der Waals surface area contributed by atoms with Gasteiger partial charge in [0, 0.05) is 31.5 Å². The lowest BCUT2D eigenvalue weighted by molar-refractivity contribution is -0.142. The van der Waals surface area contributed by atoms with Gasteiger partial charge < -0.3 is 10.0 Å². The van der Waals surface area contributed by atoms with Crippen molar-refractivity contribution < 1.29 is 9.90 Å². The van der Waals surface area contributed by atoms with Crippen molar-refractivity contribution in [3.8, 4) is 5.82 Å². The number of nitrogens with zero attached hydrogens (tertiary/aromatic N) is 5. The van der Waals surface area contributed by atoms with Crippen LogP contribution in [0, 0.1) is 5.92 Å². The number of hydrogen-bond donors (Lipinski definition) is 1. The molecule has 0 bridgehead atoms. The number of aromatic nitrogens is 4. The van der Waals surface area contributed by atoms with Crippen molar-refractivity contribution in [3.05, 3.63) is 30.9 Å². The second kappa shape index (κ2) is 4.10. The Labute approximate surface area is 103 Å². The van der Waals surface area contributed by atoms with Gasteiger partial charge in [0.15, 0.2) is 5.82 Å². The molecule has 2 aromatic rings. The SMILES string of the molecule is O=C(O)C1CN(c2cc(-n3cccn3)ncn2)C1. The van der Waals surface area contributed by atoms with Crippen molar-refractivity contribution in [2.45, 2.75) is 0 Å². The Hall–Kier alpha value is -2.44. The predicted octanol–water partition coefficient (Wildman–Crippen LogP) is 0.183. The van der Waals surface area contributed by atoms with Gasteiger partial charge in [-0.15, -0.1) is 0 Å². The molecule has 0 aliphatic carbocycles. The highest BCUT2D eigenvalue weighted by atomic mass is 16.4. The fourth-order valence-corrected chi connectivity index (χ4v) is 1.86. The number of hydrogen-bond acceptors (Lipinski definition) is 5. The molecule has 92 valence electrons. The molecule has 0 aromatic carbocycles. The number of rotatable bonds is 3.